The van der Waals surface area contributed by atoms with Crippen molar-refractivity contribution < 1.29 is 9.59 Å². The largest absolute Gasteiger partial charge is 0.354 e. The van der Waals surface area contributed by atoms with E-state index in [1.165, 1.54) is 18.4 Å². The number of benzene rings is 1. The lowest BCUT2D eigenvalue weighted by molar-refractivity contribution is -0.141. The Balaban J connectivity index is 1.49. The standard InChI is InChI=1S/C29H32N4O2S2/c1-20-9-5-6-13-24(20)27(28(35)32-22-10-3-2-4-11-22)33(19-23-12-8-16-36-23)26(34)17-21-18-30-29-25(21)14-7-15-31-37-29/h5-9,12-16,18,22,27,30H,2-4,10-11,17,19H2,1H3,(H,32,35). The Morgan fingerprint density at radius 1 is 1.16 bits per heavy atom. The highest BCUT2D eigenvalue weighted by molar-refractivity contribution is 7.98. The molecule has 1 saturated carbocycles. The first-order chi connectivity index (χ1) is 18.1. The summed E-state index contributed by atoms with van der Waals surface area (Å²) in [4.78, 5) is 34.2. The van der Waals surface area contributed by atoms with Gasteiger partial charge >= 0.3 is 0 Å². The molecule has 2 amide bonds. The average Bonchev–Trinajstić information content (AvgIpc) is 3.49. The summed E-state index contributed by atoms with van der Waals surface area (Å²) in [5.41, 5.74) is 3.76. The summed E-state index contributed by atoms with van der Waals surface area (Å²) in [5.74, 6) is -0.173. The molecule has 8 heteroatoms. The van der Waals surface area contributed by atoms with Gasteiger partial charge in [-0.3, -0.25) is 9.59 Å². The van der Waals surface area contributed by atoms with Gasteiger partial charge in [0.15, 0.2) is 0 Å². The molecule has 37 heavy (non-hydrogen) atoms. The molecule has 1 atom stereocenters. The SMILES string of the molecule is Cc1ccccc1C(C(=O)NC1CCCCC1)N(Cc1cccs1)C(=O)Cc1c[nH]c2c1C=CC=NS2. The van der Waals surface area contributed by atoms with Gasteiger partial charge in [-0.05, 0) is 54.0 Å². The van der Waals surface area contributed by atoms with Crippen LogP contribution >= 0.6 is 23.3 Å². The van der Waals surface area contributed by atoms with E-state index in [9.17, 15) is 9.59 Å². The summed E-state index contributed by atoms with van der Waals surface area (Å²) in [6.45, 7) is 2.39. The third kappa shape index (κ3) is 6.08. The molecule has 1 unspecified atom stereocenters. The molecule has 6 nitrogen and oxygen atoms in total. The number of allylic oxidation sites excluding steroid dienone is 1. The zero-order valence-electron chi connectivity index (χ0n) is 21.0. The van der Waals surface area contributed by atoms with Crippen LogP contribution in [-0.4, -0.2) is 34.0 Å². The van der Waals surface area contributed by atoms with Crippen molar-refractivity contribution >= 4 is 47.4 Å². The van der Waals surface area contributed by atoms with Crippen molar-refractivity contribution in [3.8, 4) is 0 Å². The van der Waals surface area contributed by atoms with E-state index in [1.807, 2.05) is 67.1 Å². The number of nitrogens with zero attached hydrogens (tertiary/aromatic N) is 2. The van der Waals surface area contributed by atoms with Crippen molar-refractivity contribution in [1.29, 1.82) is 0 Å². The minimum Gasteiger partial charge on any atom is -0.354 e. The molecule has 0 saturated heterocycles. The summed E-state index contributed by atoms with van der Waals surface area (Å²) >= 11 is 2.97. The Morgan fingerprint density at radius 2 is 2.00 bits per heavy atom. The zero-order valence-corrected chi connectivity index (χ0v) is 22.6. The monoisotopic (exact) mass is 532 g/mol. The van der Waals surface area contributed by atoms with E-state index in [0.717, 1.165) is 57.8 Å². The Kier molecular flexibility index (Phi) is 8.26. The van der Waals surface area contributed by atoms with Crippen LogP contribution in [0.15, 0.2) is 63.5 Å². The highest BCUT2D eigenvalue weighted by Gasteiger charge is 2.34. The number of rotatable bonds is 8. The minimum absolute atomic E-state index is 0.0780. The lowest BCUT2D eigenvalue weighted by Gasteiger charge is -2.34. The van der Waals surface area contributed by atoms with E-state index >= 15 is 0 Å². The van der Waals surface area contributed by atoms with E-state index in [2.05, 4.69) is 14.7 Å². The summed E-state index contributed by atoms with van der Waals surface area (Å²) < 4.78 is 4.27. The number of hydrogen-bond donors (Lipinski definition) is 2. The van der Waals surface area contributed by atoms with Crippen LogP contribution in [0.4, 0.5) is 0 Å². The number of thiophene rings is 1. The van der Waals surface area contributed by atoms with E-state index in [1.54, 1.807) is 22.5 Å². The average molecular weight is 533 g/mol. The predicted octanol–water partition coefficient (Wildman–Crippen LogP) is 6.25. The van der Waals surface area contributed by atoms with Crippen LogP contribution in [0.25, 0.3) is 6.08 Å². The molecule has 5 rings (SSSR count). The van der Waals surface area contributed by atoms with Gasteiger partial charge in [0.25, 0.3) is 0 Å². The minimum atomic E-state index is -0.705. The van der Waals surface area contributed by atoms with Gasteiger partial charge in [0.1, 0.15) is 11.1 Å². The number of aromatic nitrogens is 1. The van der Waals surface area contributed by atoms with Crippen LogP contribution in [0.5, 0.6) is 0 Å². The molecule has 1 aliphatic carbocycles. The van der Waals surface area contributed by atoms with Crippen LogP contribution in [0.2, 0.25) is 0 Å². The second-order valence-corrected chi connectivity index (χ2v) is 11.5. The van der Waals surface area contributed by atoms with E-state index < -0.39 is 6.04 Å². The van der Waals surface area contributed by atoms with Gasteiger partial charge in [0, 0.05) is 40.8 Å². The number of carbonyl (C=O) groups excluding carboxylic acids is 2. The fourth-order valence-electron chi connectivity index (χ4n) is 5.15. The first-order valence-electron chi connectivity index (χ1n) is 12.8. The molecule has 3 heterocycles. The van der Waals surface area contributed by atoms with Gasteiger partial charge in [0.2, 0.25) is 11.8 Å². The highest BCUT2D eigenvalue weighted by Crippen LogP contribution is 2.32. The maximum Gasteiger partial charge on any atom is 0.247 e. The third-order valence-corrected chi connectivity index (χ3v) is 8.69. The van der Waals surface area contributed by atoms with Gasteiger partial charge in [-0.25, -0.2) is 4.40 Å². The van der Waals surface area contributed by atoms with E-state index in [0.29, 0.717) is 6.54 Å². The third-order valence-electron chi connectivity index (χ3n) is 7.08. The summed E-state index contributed by atoms with van der Waals surface area (Å²) in [6, 6.07) is 11.4. The first kappa shape index (κ1) is 25.5. The fraction of sp³-hybridized carbons (Fsp3) is 0.345. The van der Waals surface area contributed by atoms with Crippen molar-refractivity contribution in [1.82, 2.24) is 15.2 Å². The van der Waals surface area contributed by atoms with Crippen LogP contribution in [0.3, 0.4) is 0 Å². The quantitative estimate of drug-likeness (QED) is 0.337. The summed E-state index contributed by atoms with van der Waals surface area (Å²) in [5, 5.41) is 6.24. The fourth-order valence-corrected chi connectivity index (χ4v) is 6.49. The topological polar surface area (TPSA) is 77.6 Å². The molecule has 1 aromatic carbocycles. The first-order valence-corrected chi connectivity index (χ1v) is 14.5. The normalized spacial score (nSPS) is 16.1. The molecule has 0 radical (unpaired) electrons. The smallest absolute Gasteiger partial charge is 0.247 e. The van der Waals surface area contributed by atoms with Gasteiger partial charge in [-0.1, -0.05) is 55.7 Å². The molecule has 0 bridgehead atoms. The van der Waals surface area contributed by atoms with Crippen LogP contribution in [0.1, 0.15) is 65.3 Å². The molecular weight excluding hydrogens is 500 g/mol. The predicted molar refractivity (Wildman–Crippen MR) is 152 cm³/mol. The zero-order chi connectivity index (χ0) is 25.6. The summed E-state index contributed by atoms with van der Waals surface area (Å²) in [7, 11) is 0. The number of aromatic amines is 1. The molecule has 1 fully saturated rings. The molecule has 2 aliphatic rings. The Hall–Kier alpha value is -3.10. The Morgan fingerprint density at radius 3 is 2.78 bits per heavy atom. The van der Waals surface area contributed by atoms with Crippen molar-refractivity contribution in [3.05, 3.63) is 81.2 Å². The molecule has 2 aromatic heterocycles. The van der Waals surface area contributed by atoms with Gasteiger partial charge < -0.3 is 15.2 Å². The molecule has 192 valence electrons. The van der Waals surface area contributed by atoms with Crippen molar-refractivity contribution in [2.75, 3.05) is 0 Å². The molecule has 3 aromatic rings. The number of nitrogens with one attached hydrogen (secondary N) is 2. The summed E-state index contributed by atoms with van der Waals surface area (Å²) in [6.07, 6.45) is 13.2. The Bertz CT molecular complexity index is 1290. The van der Waals surface area contributed by atoms with Gasteiger partial charge in [-0.2, -0.15) is 0 Å². The highest BCUT2D eigenvalue weighted by atomic mass is 32.2. The second kappa shape index (κ2) is 12.0. The maximum absolute atomic E-state index is 14.1. The lowest BCUT2D eigenvalue weighted by Crippen LogP contribution is -2.47. The molecule has 1 aliphatic heterocycles. The van der Waals surface area contributed by atoms with Crippen molar-refractivity contribution in [2.45, 2.75) is 69.1 Å². The van der Waals surface area contributed by atoms with Crippen molar-refractivity contribution in [3.63, 3.8) is 0 Å². The van der Waals surface area contributed by atoms with Crippen LogP contribution < -0.4 is 5.32 Å². The Labute approximate surface area is 226 Å². The van der Waals surface area contributed by atoms with E-state index in [-0.39, 0.29) is 24.3 Å². The maximum atomic E-state index is 14.1. The molecule has 0 spiro atoms. The number of hydrogen-bond acceptors (Lipinski definition) is 5. The number of H-pyrrole nitrogens is 1. The molecule has 2 N–H and O–H groups in total. The van der Waals surface area contributed by atoms with Crippen molar-refractivity contribution in [2.24, 2.45) is 4.40 Å². The number of aryl methyl sites for hydroxylation is 1. The van der Waals surface area contributed by atoms with E-state index in [4.69, 9.17) is 0 Å². The lowest BCUT2D eigenvalue weighted by atomic mass is 9.93. The van der Waals surface area contributed by atoms with Crippen LogP contribution in [-0.2, 0) is 22.6 Å². The number of fused-ring (bicyclic) bond motifs is 1. The van der Waals surface area contributed by atoms with Gasteiger partial charge in [-0.15, -0.1) is 11.3 Å². The van der Waals surface area contributed by atoms with Crippen LogP contribution in [0, 0.1) is 6.92 Å². The second-order valence-electron chi connectivity index (χ2n) is 9.64. The number of amides is 2. The molecular formula is C29H32N4O2S2. The number of carbonyl (C=O) groups is 2. The van der Waals surface area contributed by atoms with Gasteiger partial charge in [0.05, 0.1) is 13.0 Å².